The van der Waals surface area contributed by atoms with Gasteiger partial charge in [0.05, 0.1) is 0 Å². The molecule has 0 saturated heterocycles. The molecule has 0 N–H and O–H groups in total. The maximum absolute atomic E-state index is 12.2. The summed E-state index contributed by atoms with van der Waals surface area (Å²) >= 11 is 0.847. The molecule has 3 nitrogen and oxygen atoms in total. The van der Waals surface area contributed by atoms with Gasteiger partial charge in [0.15, 0.2) is 0 Å². The Morgan fingerprint density at radius 3 is 2.62 bits per heavy atom. The van der Waals surface area contributed by atoms with E-state index in [1.165, 1.54) is 4.57 Å². The first-order valence-electron chi connectivity index (χ1n) is 4.02. The number of fused-ring (bicyclic) bond motifs is 1. The van der Waals surface area contributed by atoms with Crippen LogP contribution in [0.25, 0.3) is 11.0 Å². The minimum atomic E-state index is -4.42. The summed E-state index contributed by atoms with van der Waals surface area (Å²) in [5.74, 6) is 0. The van der Waals surface area contributed by atoms with Gasteiger partial charge in [-0.2, -0.15) is 13.2 Å². The van der Waals surface area contributed by atoms with E-state index in [9.17, 15) is 13.2 Å². The molecular weight excluding hydrogens is 296 g/mol. The van der Waals surface area contributed by atoms with Crippen molar-refractivity contribution in [2.45, 2.75) is 6.18 Å². The molecule has 8 heteroatoms. The van der Waals surface area contributed by atoms with Crippen molar-refractivity contribution in [3.8, 4) is 0 Å². The second-order valence-corrected chi connectivity index (χ2v) is 2.83. The van der Waals surface area contributed by atoms with Crippen molar-refractivity contribution in [1.82, 2.24) is 14.5 Å². The Morgan fingerprint density at radius 2 is 2.06 bits per heavy atom. The number of alkyl halides is 3. The van der Waals surface area contributed by atoms with Gasteiger partial charge in [-0.25, -0.2) is 0 Å². The van der Waals surface area contributed by atoms with E-state index < -0.39 is 11.9 Å². The van der Waals surface area contributed by atoms with E-state index in [1.807, 2.05) is 0 Å². The van der Waals surface area contributed by atoms with Crippen LogP contribution in [0.3, 0.4) is 0 Å². The molecule has 0 spiro atoms. The fourth-order valence-electron chi connectivity index (χ4n) is 1.12. The van der Waals surface area contributed by atoms with Crippen molar-refractivity contribution < 1.29 is 30.5 Å². The van der Waals surface area contributed by atoms with Crippen LogP contribution in [0.4, 0.5) is 13.2 Å². The fraction of sp³-hybridized carbons (Fsp3) is 0.250. The Morgan fingerprint density at radius 1 is 1.44 bits per heavy atom. The molecule has 16 heavy (non-hydrogen) atoms. The normalized spacial score (nSPS) is 11.2. The third-order valence-electron chi connectivity index (χ3n) is 1.83. The van der Waals surface area contributed by atoms with Crippen molar-refractivity contribution in [3.63, 3.8) is 0 Å². The van der Waals surface area contributed by atoms with Crippen molar-refractivity contribution in [1.29, 1.82) is 0 Å². The van der Waals surface area contributed by atoms with Gasteiger partial charge in [-0.3, -0.25) is 4.98 Å². The molecule has 0 aliphatic carbocycles. The molecule has 0 atom stereocenters. The monoisotopic (exact) mass is 299 g/mol. The summed E-state index contributed by atoms with van der Waals surface area (Å²) in [6.45, 7) is 0. The summed E-state index contributed by atoms with van der Waals surface area (Å²) in [6.07, 6.45) is -0.770. The van der Waals surface area contributed by atoms with E-state index in [0.717, 1.165) is 29.6 Å². The molecule has 0 saturated carbocycles. The van der Waals surface area contributed by atoms with Crippen LogP contribution in [0, 0.1) is 6.33 Å². The van der Waals surface area contributed by atoms with E-state index in [4.69, 9.17) is 9.69 Å². The predicted molar refractivity (Wildman–Crippen MR) is 48.2 cm³/mol. The molecule has 2 rings (SSSR count). The van der Waals surface area contributed by atoms with E-state index >= 15 is 0 Å². The van der Waals surface area contributed by atoms with Gasteiger partial charge >= 0.3 is 33.2 Å². The van der Waals surface area contributed by atoms with Crippen molar-refractivity contribution in [2.24, 2.45) is 7.05 Å². The molecule has 0 aliphatic rings. The first kappa shape index (κ1) is 13.4. The maximum atomic E-state index is 12.2. The quantitative estimate of drug-likeness (QED) is 0.553. The average Bonchev–Trinajstić information content (AvgIpc) is 2.62. The molecule has 2 aromatic rings. The number of nitrogens with zero attached hydrogens (tertiary/aromatic N) is 3. The Kier molecular flexibility index (Phi) is 4.27. The third-order valence-corrected chi connectivity index (χ3v) is 1.83. The van der Waals surface area contributed by atoms with Gasteiger partial charge in [0, 0.05) is 6.33 Å². The molecule has 0 unspecified atom stereocenters. The molecule has 82 valence electrons. The standard InChI is InChI=1S/C8H5F3N3.ClH.Zn/c1-14-4-13-5-2-7(8(9,10)11)12-3-6(5)14;;/h2-3H,1H3;1H;/q-1;;+2/p-1. The Labute approximate surface area is 103 Å². The fourth-order valence-corrected chi connectivity index (χ4v) is 1.12. The number of rotatable bonds is 0. The number of aryl methyl sites for hydroxylation is 1. The summed E-state index contributed by atoms with van der Waals surface area (Å²) in [5.41, 5.74) is -0.162. The van der Waals surface area contributed by atoms with Crippen LogP contribution in [-0.2, 0) is 30.5 Å². The number of imidazole rings is 1. The van der Waals surface area contributed by atoms with Gasteiger partial charge in [0.1, 0.15) is 5.69 Å². The first-order chi connectivity index (χ1) is 7.48. The molecule has 0 aliphatic heterocycles. The number of aromatic nitrogens is 3. The first-order valence-corrected chi connectivity index (χ1v) is 7.92. The minimum absolute atomic E-state index is 0.245. The molecular formula is C8H5ClF3N3Zn. The second kappa shape index (κ2) is 5.10. The molecule has 0 bridgehead atoms. The zero-order valence-corrected chi connectivity index (χ0v) is 11.9. The van der Waals surface area contributed by atoms with E-state index in [2.05, 4.69) is 16.3 Å². The van der Waals surface area contributed by atoms with E-state index in [0.29, 0.717) is 5.52 Å². The number of hydrogen-bond acceptors (Lipinski definition) is 2. The molecule has 0 fully saturated rings. The van der Waals surface area contributed by atoms with Crippen LogP contribution in [0.15, 0.2) is 12.3 Å². The van der Waals surface area contributed by atoms with Gasteiger partial charge in [-0.05, 0) is 13.2 Å². The van der Waals surface area contributed by atoms with Crippen LogP contribution < -0.4 is 0 Å². The van der Waals surface area contributed by atoms with Crippen molar-refractivity contribution in [2.75, 3.05) is 0 Å². The Bertz CT molecular complexity index is 483. The molecule has 0 radical (unpaired) electrons. The van der Waals surface area contributed by atoms with Crippen LogP contribution >= 0.6 is 9.69 Å². The zero-order valence-electron chi connectivity index (χ0n) is 8.22. The molecule has 0 aromatic carbocycles. The second-order valence-electron chi connectivity index (χ2n) is 2.83. The van der Waals surface area contributed by atoms with Crippen LogP contribution in [0.1, 0.15) is 5.69 Å². The Hall–Kier alpha value is -0.677. The summed E-state index contributed by atoms with van der Waals surface area (Å²) in [7, 11) is 6.41. The summed E-state index contributed by atoms with van der Waals surface area (Å²) in [5, 5.41) is 0. The summed E-state index contributed by atoms with van der Waals surface area (Å²) in [4.78, 5) is 7.00. The number of halogens is 4. The van der Waals surface area contributed by atoms with Gasteiger partial charge < -0.3 is 9.55 Å². The third kappa shape index (κ3) is 2.71. The van der Waals surface area contributed by atoms with Crippen LogP contribution in [-0.4, -0.2) is 14.5 Å². The van der Waals surface area contributed by atoms with E-state index in [1.54, 1.807) is 7.05 Å². The van der Waals surface area contributed by atoms with Gasteiger partial charge in [-0.15, -0.1) is 0 Å². The Balaban J connectivity index is 0.000000606. The van der Waals surface area contributed by atoms with Gasteiger partial charge in [0.25, 0.3) is 0 Å². The van der Waals surface area contributed by atoms with Crippen molar-refractivity contribution >= 4 is 20.7 Å². The molecule has 0 amide bonds. The summed E-state index contributed by atoms with van der Waals surface area (Å²) < 4.78 is 38.1. The molecule has 2 aromatic heterocycles. The van der Waals surface area contributed by atoms with E-state index in [-0.39, 0.29) is 5.52 Å². The molecule has 2 heterocycles. The number of pyridine rings is 1. The van der Waals surface area contributed by atoms with Crippen molar-refractivity contribution in [3.05, 3.63) is 24.3 Å². The van der Waals surface area contributed by atoms with Crippen LogP contribution in [0.2, 0.25) is 0 Å². The predicted octanol–water partition coefficient (Wildman–Crippen LogP) is 2.47. The average molecular weight is 301 g/mol. The zero-order chi connectivity index (χ0) is 12.3. The van der Waals surface area contributed by atoms with Crippen LogP contribution in [0.5, 0.6) is 0 Å². The number of hydrogen-bond donors (Lipinski definition) is 0. The van der Waals surface area contributed by atoms with Gasteiger partial charge in [-0.1, -0.05) is 17.1 Å². The SMILES string of the molecule is Cn1[c-]nc2cc(C(F)(F)F)ncc21.[Cl][Zn+]. The van der Waals surface area contributed by atoms with Gasteiger partial charge in [0.2, 0.25) is 0 Å². The topological polar surface area (TPSA) is 30.7 Å². The summed E-state index contributed by atoms with van der Waals surface area (Å²) in [6, 6.07) is 0.909.